The molecule has 0 unspecified atom stereocenters. The van der Waals surface area contributed by atoms with Gasteiger partial charge in [0.25, 0.3) is 11.7 Å². The summed E-state index contributed by atoms with van der Waals surface area (Å²) >= 11 is 3.46. The predicted molar refractivity (Wildman–Crippen MR) is 82.7 cm³/mol. The van der Waals surface area contributed by atoms with E-state index in [9.17, 15) is 9.59 Å². The molecule has 0 aliphatic carbocycles. The van der Waals surface area contributed by atoms with Crippen LogP contribution in [0.15, 0.2) is 46.9 Å². The fourth-order valence-corrected chi connectivity index (χ4v) is 2.75. The fourth-order valence-electron chi connectivity index (χ4n) is 2.37. The highest BCUT2D eigenvalue weighted by atomic mass is 79.9. The lowest BCUT2D eigenvalue weighted by atomic mass is 10.1. The van der Waals surface area contributed by atoms with Gasteiger partial charge in [0.2, 0.25) is 0 Å². The highest BCUT2D eigenvalue weighted by molar-refractivity contribution is 9.10. The molecule has 1 aliphatic heterocycles. The minimum Gasteiger partial charge on any atom is -0.497 e. The summed E-state index contributed by atoms with van der Waals surface area (Å²) in [5.41, 5.74) is 2.00. The molecule has 106 valence electrons. The lowest BCUT2D eigenvalue weighted by Crippen LogP contribution is -2.29. The molecule has 0 radical (unpaired) electrons. The summed E-state index contributed by atoms with van der Waals surface area (Å²) in [6.45, 7) is 0.319. The van der Waals surface area contributed by atoms with Crippen molar-refractivity contribution in [1.29, 1.82) is 0 Å². The zero-order valence-electron chi connectivity index (χ0n) is 11.3. The van der Waals surface area contributed by atoms with Gasteiger partial charge < -0.3 is 9.64 Å². The van der Waals surface area contributed by atoms with Gasteiger partial charge in [-0.15, -0.1) is 0 Å². The van der Waals surface area contributed by atoms with Gasteiger partial charge in [0.15, 0.2) is 0 Å². The van der Waals surface area contributed by atoms with E-state index in [2.05, 4.69) is 15.9 Å². The molecule has 5 heteroatoms. The Bertz CT molecular complexity index is 742. The SMILES string of the molecule is COc1ccc(Br)c(CN2C(=O)C(=O)c3ccccc32)c1. The summed E-state index contributed by atoms with van der Waals surface area (Å²) in [6, 6.07) is 12.6. The van der Waals surface area contributed by atoms with Crippen LogP contribution in [-0.2, 0) is 11.3 Å². The molecule has 0 fully saturated rings. The Morgan fingerprint density at radius 1 is 1.14 bits per heavy atom. The van der Waals surface area contributed by atoms with E-state index in [-0.39, 0.29) is 0 Å². The quantitative estimate of drug-likeness (QED) is 0.802. The number of carbonyl (C=O) groups is 2. The van der Waals surface area contributed by atoms with Gasteiger partial charge in [-0.1, -0.05) is 28.1 Å². The number of ether oxygens (including phenoxy) is 1. The van der Waals surface area contributed by atoms with E-state index >= 15 is 0 Å². The minimum atomic E-state index is -0.495. The van der Waals surface area contributed by atoms with Crippen LogP contribution in [0.25, 0.3) is 0 Å². The molecule has 1 aliphatic rings. The van der Waals surface area contributed by atoms with Gasteiger partial charge in [0, 0.05) is 4.47 Å². The Hall–Kier alpha value is -2.14. The molecular formula is C16H12BrNO3. The van der Waals surface area contributed by atoms with Crippen molar-refractivity contribution in [3.63, 3.8) is 0 Å². The van der Waals surface area contributed by atoms with E-state index in [1.807, 2.05) is 24.3 Å². The van der Waals surface area contributed by atoms with Crippen molar-refractivity contribution >= 4 is 33.3 Å². The van der Waals surface area contributed by atoms with Crippen molar-refractivity contribution in [2.45, 2.75) is 6.54 Å². The van der Waals surface area contributed by atoms with Gasteiger partial charge in [-0.2, -0.15) is 0 Å². The number of amides is 1. The Morgan fingerprint density at radius 3 is 2.67 bits per heavy atom. The van der Waals surface area contributed by atoms with Crippen LogP contribution in [0.5, 0.6) is 5.75 Å². The van der Waals surface area contributed by atoms with Crippen LogP contribution in [0.2, 0.25) is 0 Å². The first-order chi connectivity index (χ1) is 10.1. The number of carbonyl (C=O) groups excluding carboxylic acids is 2. The number of para-hydroxylation sites is 1. The number of anilines is 1. The molecule has 4 nitrogen and oxygen atoms in total. The first-order valence-electron chi connectivity index (χ1n) is 6.39. The van der Waals surface area contributed by atoms with Crippen molar-refractivity contribution in [3.8, 4) is 5.75 Å². The van der Waals surface area contributed by atoms with E-state index in [1.165, 1.54) is 4.90 Å². The lowest BCUT2D eigenvalue weighted by Gasteiger charge is -2.18. The number of benzene rings is 2. The second kappa shape index (κ2) is 5.33. The molecular weight excluding hydrogens is 334 g/mol. The number of hydrogen-bond acceptors (Lipinski definition) is 3. The maximum absolute atomic E-state index is 12.2. The second-order valence-electron chi connectivity index (χ2n) is 4.69. The number of halogens is 1. The predicted octanol–water partition coefficient (Wildman–Crippen LogP) is 3.19. The Balaban J connectivity index is 1.99. The van der Waals surface area contributed by atoms with E-state index in [4.69, 9.17) is 4.74 Å². The molecule has 0 saturated heterocycles. The highest BCUT2D eigenvalue weighted by Crippen LogP contribution is 2.32. The fraction of sp³-hybridized carbons (Fsp3) is 0.125. The summed E-state index contributed by atoms with van der Waals surface area (Å²) in [5.74, 6) is -0.241. The molecule has 0 saturated carbocycles. The Labute approximate surface area is 130 Å². The number of methoxy groups -OCH3 is 1. The number of fused-ring (bicyclic) bond motifs is 1. The van der Waals surface area contributed by atoms with Crippen molar-refractivity contribution in [2.75, 3.05) is 12.0 Å². The second-order valence-corrected chi connectivity index (χ2v) is 5.55. The first-order valence-corrected chi connectivity index (χ1v) is 7.18. The summed E-state index contributed by atoms with van der Waals surface area (Å²) in [7, 11) is 1.59. The molecule has 1 amide bonds. The van der Waals surface area contributed by atoms with Gasteiger partial charge in [0.1, 0.15) is 5.75 Å². The molecule has 0 N–H and O–H groups in total. The van der Waals surface area contributed by atoms with E-state index in [1.54, 1.807) is 25.3 Å². The van der Waals surface area contributed by atoms with Crippen molar-refractivity contribution in [3.05, 3.63) is 58.1 Å². The number of hydrogen-bond donors (Lipinski definition) is 0. The van der Waals surface area contributed by atoms with E-state index < -0.39 is 11.7 Å². The summed E-state index contributed by atoms with van der Waals surface area (Å²) < 4.78 is 6.07. The third-order valence-corrected chi connectivity index (χ3v) is 4.23. The third kappa shape index (κ3) is 2.34. The third-order valence-electron chi connectivity index (χ3n) is 3.46. The Morgan fingerprint density at radius 2 is 1.90 bits per heavy atom. The summed E-state index contributed by atoms with van der Waals surface area (Å²) in [5, 5.41) is 0. The molecule has 1 heterocycles. The van der Waals surface area contributed by atoms with Gasteiger partial charge in [-0.25, -0.2) is 0 Å². The molecule has 2 aromatic carbocycles. The average molecular weight is 346 g/mol. The van der Waals surface area contributed by atoms with Gasteiger partial charge in [-0.3, -0.25) is 9.59 Å². The van der Waals surface area contributed by atoms with E-state index in [0.29, 0.717) is 23.5 Å². The molecule has 3 rings (SSSR count). The van der Waals surface area contributed by atoms with Crippen LogP contribution < -0.4 is 9.64 Å². The molecule has 0 spiro atoms. The van der Waals surface area contributed by atoms with Crippen molar-refractivity contribution in [1.82, 2.24) is 0 Å². The van der Waals surface area contributed by atoms with Gasteiger partial charge in [-0.05, 0) is 35.9 Å². The molecule has 0 bridgehead atoms. The summed E-state index contributed by atoms with van der Waals surface area (Å²) in [6.07, 6.45) is 0. The standard InChI is InChI=1S/C16H12BrNO3/c1-21-11-6-7-13(17)10(8-11)9-18-14-5-3-2-4-12(14)15(19)16(18)20/h2-8H,9H2,1H3. The zero-order chi connectivity index (χ0) is 15.0. The minimum absolute atomic E-state index is 0.319. The normalized spacial score (nSPS) is 13.5. The molecule has 0 aromatic heterocycles. The monoisotopic (exact) mass is 345 g/mol. The zero-order valence-corrected chi connectivity index (χ0v) is 12.9. The van der Waals surface area contributed by atoms with Crippen LogP contribution in [-0.4, -0.2) is 18.8 Å². The Kier molecular flexibility index (Phi) is 3.51. The van der Waals surface area contributed by atoms with E-state index in [0.717, 1.165) is 10.0 Å². The van der Waals surface area contributed by atoms with Crippen LogP contribution in [0.4, 0.5) is 5.69 Å². The number of nitrogens with zero attached hydrogens (tertiary/aromatic N) is 1. The number of Topliss-reactive ketones (excluding diaryl/α,β-unsaturated/α-hetero) is 1. The van der Waals surface area contributed by atoms with Crippen LogP contribution in [0, 0.1) is 0 Å². The maximum atomic E-state index is 12.2. The number of rotatable bonds is 3. The average Bonchev–Trinajstić information content (AvgIpc) is 2.75. The highest BCUT2D eigenvalue weighted by Gasteiger charge is 2.35. The largest absolute Gasteiger partial charge is 0.497 e. The molecule has 0 atom stereocenters. The smallest absolute Gasteiger partial charge is 0.299 e. The van der Waals surface area contributed by atoms with Crippen molar-refractivity contribution in [2.24, 2.45) is 0 Å². The topological polar surface area (TPSA) is 46.6 Å². The summed E-state index contributed by atoms with van der Waals surface area (Å²) in [4.78, 5) is 25.6. The number of ketones is 1. The van der Waals surface area contributed by atoms with Crippen LogP contribution in [0.1, 0.15) is 15.9 Å². The molecule has 2 aromatic rings. The lowest BCUT2D eigenvalue weighted by molar-refractivity contribution is -0.114. The van der Waals surface area contributed by atoms with Crippen molar-refractivity contribution < 1.29 is 14.3 Å². The maximum Gasteiger partial charge on any atom is 0.299 e. The van der Waals surface area contributed by atoms with Crippen LogP contribution in [0.3, 0.4) is 0 Å². The van der Waals surface area contributed by atoms with Gasteiger partial charge >= 0.3 is 0 Å². The van der Waals surface area contributed by atoms with Gasteiger partial charge in [0.05, 0.1) is 24.9 Å². The molecule has 21 heavy (non-hydrogen) atoms. The first kappa shape index (κ1) is 13.8. The van der Waals surface area contributed by atoms with Crippen LogP contribution >= 0.6 is 15.9 Å².